The second-order valence-corrected chi connectivity index (χ2v) is 5.97. The lowest BCUT2D eigenvalue weighted by Crippen LogP contribution is -2.14. The van der Waals surface area contributed by atoms with Crippen molar-refractivity contribution in [2.24, 2.45) is 10.7 Å². The van der Waals surface area contributed by atoms with E-state index in [4.69, 9.17) is 32.6 Å². The van der Waals surface area contributed by atoms with Gasteiger partial charge < -0.3 is 10.5 Å². The molecule has 6 heteroatoms. The van der Waals surface area contributed by atoms with Crippen LogP contribution in [0.3, 0.4) is 0 Å². The van der Waals surface area contributed by atoms with Gasteiger partial charge in [0, 0.05) is 17.0 Å². The van der Waals surface area contributed by atoms with Crippen LogP contribution in [-0.2, 0) is 0 Å². The maximum atomic E-state index is 8.93. The zero-order valence-corrected chi connectivity index (χ0v) is 15.2. The summed E-state index contributed by atoms with van der Waals surface area (Å²) in [6.45, 7) is 3.86. The maximum absolute atomic E-state index is 8.93. The highest BCUT2D eigenvalue weighted by Crippen LogP contribution is 2.23. The first kappa shape index (κ1) is 19.1. The molecule has 0 fully saturated rings. The Morgan fingerprint density at radius 3 is 2.35 bits per heavy atom. The van der Waals surface area contributed by atoms with Crippen molar-refractivity contribution in [2.75, 3.05) is 6.61 Å². The van der Waals surface area contributed by atoms with Crippen molar-refractivity contribution in [3.63, 3.8) is 0 Å². The van der Waals surface area contributed by atoms with Gasteiger partial charge in [0.25, 0.3) is 0 Å². The van der Waals surface area contributed by atoms with E-state index in [1.54, 1.807) is 49.4 Å². The first-order chi connectivity index (χ1) is 12.4. The summed E-state index contributed by atoms with van der Waals surface area (Å²) in [5.41, 5.74) is 9.63. The van der Waals surface area contributed by atoms with Crippen LogP contribution in [0.1, 0.15) is 25.0 Å². The Balaban J connectivity index is 2.18. The number of nitrogens with zero attached hydrogens (tertiary/aromatic N) is 3. The molecule has 5 nitrogen and oxygen atoms in total. The van der Waals surface area contributed by atoms with Crippen molar-refractivity contribution < 1.29 is 4.74 Å². The Morgan fingerprint density at radius 2 is 1.81 bits per heavy atom. The van der Waals surface area contributed by atoms with E-state index in [-0.39, 0.29) is 6.61 Å². The van der Waals surface area contributed by atoms with Gasteiger partial charge in [0.2, 0.25) is 0 Å². The second kappa shape index (κ2) is 8.71. The average molecular weight is 365 g/mol. The van der Waals surface area contributed by atoms with Crippen LogP contribution in [0.5, 0.6) is 5.75 Å². The van der Waals surface area contributed by atoms with Crippen LogP contribution in [0.2, 0.25) is 5.02 Å². The number of rotatable bonds is 5. The number of hydrogen-bond donors (Lipinski definition) is 1. The second-order valence-electron chi connectivity index (χ2n) is 5.56. The SMILES string of the molecule is CC(=Nc1ccc(C#N)c(Cl)c1)C(COc1ccc(C#N)cc1)=C(C)N. The highest BCUT2D eigenvalue weighted by atomic mass is 35.5. The largest absolute Gasteiger partial charge is 0.489 e. The Hall–Kier alpha value is -3.28. The van der Waals surface area contributed by atoms with E-state index >= 15 is 0 Å². The zero-order chi connectivity index (χ0) is 19.1. The zero-order valence-electron chi connectivity index (χ0n) is 14.5. The highest BCUT2D eigenvalue weighted by Gasteiger charge is 2.08. The lowest BCUT2D eigenvalue weighted by atomic mass is 10.1. The van der Waals surface area contributed by atoms with Crippen LogP contribution < -0.4 is 10.5 Å². The molecule has 0 atom stereocenters. The fraction of sp³-hybridized carbons (Fsp3) is 0.150. The van der Waals surface area contributed by atoms with Gasteiger partial charge in [0.15, 0.2) is 0 Å². The summed E-state index contributed by atoms with van der Waals surface area (Å²) in [6.07, 6.45) is 0. The number of allylic oxidation sites excluding steroid dienone is 1. The number of nitriles is 2. The molecule has 0 bridgehead atoms. The summed E-state index contributed by atoms with van der Waals surface area (Å²) < 4.78 is 5.75. The summed E-state index contributed by atoms with van der Waals surface area (Å²) in [5, 5.41) is 18.1. The predicted molar refractivity (Wildman–Crippen MR) is 102 cm³/mol. The van der Waals surface area contributed by atoms with Gasteiger partial charge in [-0.3, -0.25) is 4.99 Å². The Labute approximate surface area is 157 Å². The number of ether oxygens (including phenoxy) is 1. The third kappa shape index (κ3) is 4.86. The Bertz CT molecular complexity index is 943. The first-order valence-corrected chi connectivity index (χ1v) is 8.16. The van der Waals surface area contributed by atoms with Crippen molar-refractivity contribution in [3.05, 3.63) is 69.9 Å². The molecule has 0 aliphatic carbocycles. The summed E-state index contributed by atoms with van der Waals surface area (Å²) in [7, 11) is 0. The standard InChI is InChI=1S/C20H17ClN4O/c1-13(24)19(12-26-18-7-3-15(10-22)4-8-18)14(2)25-17-6-5-16(11-23)20(21)9-17/h3-9H,12,24H2,1-2H3. The number of benzene rings is 2. The van der Waals surface area contributed by atoms with Crippen LogP contribution in [0.15, 0.2) is 58.7 Å². The van der Waals surface area contributed by atoms with Crippen molar-refractivity contribution in [2.45, 2.75) is 13.8 Å². The molecule has 0 aliphatic heterocycles. The molecule has 2 aromatic carbocycles. The van der Waals surface area contributed by atoms with Crippen LogP contribution in [-0.4, -0.2) is 12.3 Å². The molecule has 0 saturated heterocycles. The van der Waals surface area contributed by atoms with Crippen LogP contribution in [0.4, 0.5) is 5.69 Å². The van der Waals surface area contributed by atoms with Crippen molar-refractivity contribution in [1.29, 1.82) is 10.5 Å². The normalized spacial score (nSPS) is 12.0. The molecular formula is C20H17ClN4O. The summed E-state index contributed by atoms with van der Waals surface area (Å²) >= 11 is 6.04. The van der Waals surface area contributed by atoms with Crippen molar-refractivity contribution >= 4 is 23.0 Å². The third-order valence-electron chi connectivity index (χ3n) is 3.65. The molecule has 0 heterocycles. The smallest absolute Gasteiger partial charge is 0.119 e. The fourth-order valence-electron chi connectivity index (χ4n) is 2.21. The fourth-order valence-corrected chi connectivity index (χ4v) is 2.43. The van der Waals surface area contributed by atoms with Gasteiger partial charge in [-0.15, -0.1) is 0 Å². The molecule has 2 rings (SSSR count). The van der Waals surface area contributed by atoms with Gasteiger partial charge in [-0.2, -0.15) is 10.5 Å². The molecule has 0 spiro atoms. The molecule has 0 aliphatic rings. The number of aliphatic imine (C=N–C) groups is 1. The van der Waals surface area contributed by atoms with E-state index in [0.717, 1.165) is 5.57 Å². The predicted octanol–water partition coefficient (Wildman–Crippen LogP) is 4.49. The van der Waals surface area contributed by atoms with E-state index in [1.807, 2.05) is 13.0 Å². The van der Waals surface area contributed by atoms with Gasteiger partial charge in [0.1, 0.15) is 18.4 Å². The van der Waals surface area contributed by atoms with Crippen LogP contribution in [0, 0.1) is 22.7 Å². The minimum atomic E-state index is 0.244. The Morgan fingerprint density at radius 1 is 1.12 bits per heavy atom. The molecule has 26 heavy (non-hydrogen) atoms. The minimum Gasteiger partial charge on any atom is -0.489 e. The van der Waals surface area contributed by atoms with E-state index in [9.17, 15) is 0 Å². The quantitative estimate of drug-likeness (QED) is 0.790. The topological polar surface area (TPSA) is 95.2 Å². The summed E-state index contributed by atoms with van der Waals surface area (Å²) in [6, 6.07) is 15.9. The van der Waals surface area contributed by atoms with Gasteiger partial charge in [-0.1, -0.05) is 11.6 Å². The van der Waals surface area contributed by atoms with E-state index in [2.05, 4.69) is 11.1 Å². The molecular weight excluding hydrogens is 348 g/mol. The molecule has 2 aromatic rings. The lowest BCUT2D eigenvalue weighted by Gasteiger charge is -2.12. The summed E-state index contributed by atoms with van der Waals surface area (Å²) in [5.74, 6) is 0.636. The molecule has 2 N–H and O–H groups in total. The molecule has 0 amide bonds. The first-order valence-electron chi connectivity index (χ1n) is 7.78. The molecule has 130 valence electrons. The van der Waals surface area contributed by atoms with Gasteiger partial charge in [-0.25, -0.2) is 0 Å². The highest BCUT2D eigenvalue weighted by molar-refractivity contribution is 6.32. The number of hydrogen-bond acceptors (Lipinski definition) is 5. The third-order valence-corrected chi connectivity index (χ3v) is 3.96. The van der Waals surface area contributed by atoms with Gasteiger partial charge >= 0.3 is 0 Å². The maximum Gasteiger partial charge on any atom is 0.119 e. The average Bonchev–Trinajstić information content (AvgIpc) is 2.62. The molecule has 0 aromatic heterocycles. The van der Waals surface area contributed by atoms with E-state index in [1.165, 1.54) is 0 Å². The lowest BCUT2D eigenvalue weighted by molar-refractivity contribution is 0.356. The number of nitrogens with two attached hydrogens (primary N) is 1. The summed E-state index contributed by atoms with van der Waals surface area (Å²) in [4.78, 5) is 4.52. The molecule has 0 radical (unpaired) electrons. The molecule has 0 saturated carbocycles. The monoisotopic (exact) mass is 364 g/mol. The van der Waals surface area contributed by atoms with Gasteiger partial charge in [0.05, 0.1) is 27.9 Å². The van der Waals surface area contributed by atoms with Gasteiger partial charge in [-0.05, 0) is 56.3 Å². The van der Waals surface area contributed by atoms with Crippen molar-refractivity contribution in [3.8, 4) is 17.9 Å². The van der Waals surface area contributed by atoms with E-state index in [0.29, 0.717) is 39.0 Å². The minimum absolute atomic E-state index is 0.244. The van der Waals surface area contributed by atoms with E-state index < -0.39 is 0 Å². The molecule has 0 unspecified atom stereocenters. The van der Waals surface area contributed by atoms with Crippen molar-refractivity contribution in [1.82, 2.24) is 0 Å². The van der Waals surface area contributed by atoms with Crippen LogP contribution >= 0.6 is 11.6 Å². The Kier molecular flexibility index (Phi) is 6.38. The van der Waals surface area contributed by atoms with Crippen LogP contribution in [0.25, 0.3) is 0 Å². The number of halogens is 1.